The Kier molecular flexibility index (Phi) is 19.2. The van der Waals surface area contributed by atoms with E-state index in [1.807, 2.05) is 0 Å². The third kappa shape index (κ3) is 15.4. The molecule has 0 saturated carbocycles. The molecular formula is C42H25F9N8O6RuS. The van der Waals surface area contributed by atoms with Gasteiger partial charge in [0, 0.05) is 65.6 Å². The van der Waals surface area contributed by atoms with Gasteiger partial charge in [0.1, 0.15) is 23.0 Å². The zero-order chi connectivity index (χ0) is 48.7. The molecule has 2 aromatic carbocycles. The van der Waals surface area contributed by atoms with Crippen LogP contribution >= 0.6 is 12.2 Å². The number of alkyl halides is 9. The summed E-state index contributed by atoms with van der Waals surface area (Å²) in [6.07, 6.45) is -10.1. The summed E-state index contributed by atoms with van der Waals surface area (Å²) in [5.74, 6) is 0.760. The van der Waals surface area contributed by atoms with E-state index in [4.69, 9.17) is 30.8 Å². The largest absolute Gasteiger partial charge is 2.00 e. The van der Waals surface area contributed by atoms with Crippen LogP contribution in [-0.2, 0) is 46.2 Å². The van der Waals surface area contributed by atoms with Crippen molar-refractivity contribution in [2.75, 3.05) is 4.90 Å². The van der Waals surface area contributed by atoms with E-state index in [0.717, 1.165) is 60.8 Å². The van der Waals surface area contributed by atoms with Crippen molar-refractivity contribution in [3.05, 3.63) is 150 Å². The second-order valence-electron chi connectivity index (χ2n) is 12.4. The minimum atomic E-state index is -5.00. The van der Waals surface area contributed by atoms with E-state index in [0.29, 0.717) is 35.7 Å². The van der Waals surface area contributed by atoms with E-state index in [1.54, 1.807) is 0 Å². The molecule has 0 aliphatic heterocycles. The molecule has 0 amide bonds. The van der Waals surface area contributed by atoms with Crippen LogP contribution in [-0.4, -0.2) is 56.4 Å². The first-order valence-electron chi connectivity index (χ1n) is 17.7. The van der Waals surface area contributed by atoms with Gasteiger partial charge in [-0.05, 0) is 78.9 Å². The SMILES string of the molecule is N=C(/C=C(\[NH-])c1cc(N(c2ccc(C(F)(F)F)cc2)c2ccc(C(F)(F)F)cc2)ccn1)C(F)(F)F.O=COc1ccnc(-c2cc(OC=O)cc(-c3cc(OC=O)ccn3)n2)c1.[N-]=C=S.[Ru+2]. The average Bonchev–Trinajstić information content (AvgIpc) is 3.27. The molecule has 0 fully saturated rings. The number of carbonyl (C=O) groups excluding carboxylic acids is 3. The van der Waals surface area contributed by atoms with Crippen LogP contribution in [0.1, 0.15) is 16.8 Å². The third-order valence-electron chi connectivity index (χ3n) is 8.12. The molecule has 25 heteroatoms. The van der Waals surface area contributed by atoms with Gasteiger partial charge in [-0.1, -0.05) is 12.2 Å². The number of isothiocyanates is 1. The number of aromatic nitrogens is 4. The first kappa shape index (κ1) is 53.6. The monoisotopic (exact) mass is 1040 g/mol. The van der Waals surface area contributed by atoms with Crippen LogP contribution in [0.15, 0.2) is 122 Å². The molecule has 0 atom stereocenters. The second-order valence-corrected chi connectivity index (χ2v) is 12.5. The van der Waals surface area contributed by atoms with E-state index in [1.165, 1.54) is 64.9 Å². The van der Waals surface area contributed by atoms with Gasteiger partial charge in [-0.25, -0.2) is 4.98 Å². The number of pyridine rings is 4. The Balaban J connectivity index is 0.000000342. The van der Waals surface area contributed by atoms with E-state index in [9.17, 15) is 53.9 Å². The van der Waals surface area contributed by atoms with Gasteiger partial charge in [0.25, 0.3) is 19.4 Å². The van der Waals surface area contributed by atoms with E-state index in [2.05, 4.69) is 32.2 Å². The number of ether oxygens (including phenoxy) is 3. The maximum Gasteiger partial charge on any atom is 2.00 e. The summed E-state index contributed by atoms with van der Waals surface area (Å²) in [6.45, 7) is 0.875. The Bertz CT molecular complexity index is 2610. The maximum atomic E-state index is 13.0. The summed E-state index contributed by atoms with van der Waals surface area (Å²) in [4.78, 5) is 49.7. The smallest absolute Gasteiger partial charge is 0.753 e. The minimum Gasteiger partial charge on any atom is -0.753 e. The number of halogens is 9. The predicted octanol–water partition coefficient (Wildman–Crippen LogP) is 11.0. The maximum absolute atomic E-state index is 13.0. The molecule has 0 radical (unpaired) electrons. The van der Waals surface area contributed by atoms with Crippen LogP contribution in [0.25, 0.3) is 39.6 Å². The van der Waals surface area contributed by atoms with Gasteiger partial charge < -0.3 is 30.3 Å². The number of thiocarbonyl (C=S) groups is 1. The van der Waals surface area contributed by atoms with Crippen LogP contribution in [0.5, 0.6) is 17.2 Å². The predicted molar refractivity (Wildman–Crippen MR) is 222 cm³/mol. The van der Waals surface area contributed by atoms with Crippen LogP contribution < -0.4 is 19.1 Å². The Labute approximate surface area is 390 Å². The number of hydrogen-bond acceptors (Lipinski definition) is 13. The van der Waals surface area contributed by atoms with Crippen molar-refractivity contribution in [3.8, 4) is 40.0 Å². The molecule has 4 aromatic heterocycles. The van der Waals surface area contributed by atoms with Gasteiger partial charge in [0.2, 0.25) is 0 Å². The average molecular weight is 1040 g/mol. The van der Waals surface area contributed by atoms with Crippen molar-refractivity contribution in [1.29, 1.82) is 5.41 Å². The number of carbonyl (C=O) groups is 3. The Hall–Kier alpha value is -7.75. The molecule has 4 heterocycles. The molecule has 0 unspecified atom stereocenters. The van der Waals surface area contributed by atoms with Crippen LogP contribution in [0.2, 0.25) is 0 Å². The van der Waals surface area contributed by atoms with Crippen molar-refractivity contribution >= 4 is 65.3 Å². The Morgan fingerprint density at radius 3 is 1.39 bits per heavy atom. The summed E-state index contributed by atoms with van der Waals surface area (Å²) >= 11 is 3.70. The van der Waals surface area contributed by atoms with Crippen LogP contribution in [0.3, 0.4) is 0 Å². The summed E-state index contributed by atoms with van der Waals surface area (Å²) in [7, 11) is 0. The third-order valence-corrected chi connectivity index (χ3v) is 8.12. The molecular weight excluding hydrogens is 1020 g/mol. The Morgan fingerprint density at radius 2 is 1.00 bits per heavy atom. The molecule has 6 rings (SSSR count). The van der Waals surface area contributed by atoms with E-state index >= 15 is 0 Å². The molecule has 2 N–H and O–H groups in total. The number of nitrogens with zero attached hydrogens (tertiary/aromatic N) is 6. The molecule has 0 bridgehead atoms. The Morgan fingerprint density at radius 1 is 0.612 bits per heavy atom. The number of hydrogen-bond donors (Lipinski definition) is 1. The van der Waals surface area contributed by atoms with Crippen molar-refractivity contribution < 1.29 is 87.6 Å². The van der Waals surface area contributed by atoms with E-state index < -0.39 is 41.1 Å². The number of rotatable bonds is 13. The fourth-order valence-corrected chi connectivity index (χ4v) is 5.30. The molecule has 0 spiro atoms. The number of benzene rings is 2. The zero-order valence-corrected chi connectivity index (χ0v) is 35.6. The summed E-state index contributed by atoms with van der Waals surface area (Å²) < 4.78 is 131. The molecule has 0 aliphatic carbocycles. The molecule has 0 aliphatic rings. The normalized spacial score (nSPS) is 11.1. The standard InChI is InChI=1S/C23H14F9N4.C18H11N3O6.CNS.Ru/c24-21(25,26)13-1-5-15(6-2-13)36(16-7-3-14(4-8-16)22(27,28)29)17-9-10-35-19(11-17)18(33)12-20(34)23(30,31)32;22-9-25-12-1-3-19-15(5-12)17-7-14(27-11-24)8-18(21-17)16-6-13(26-10-23)2-4-20-16;2-1-3;/h1-12,33-34H;1-11H;;/q-1;;-1;+2/b18-12-,34-20?;;;. The van der Waals surface area contributed by atoms with E-state index in [-0.39, 0.29) is 72.0 Å². The number of nitrogens with one attached hydrogen (secondary N) is 2. The van der Waals surface area contributed by atoms with Gasteiger partial charge in [-0.15, -0.1) is 5.70 Å². The summed E-state index contributed by atoms with van der Waals surface area (Å²) in [5.41, 5.74) is 4.71. The first-order chi connectivity index (χ1) is 31.2. The summed E-state index contributed by atoms with van der Waals surface area (Å²) in [6, 6.07) is 18.7. The van der Waals surface area contributed by atoms with Gasteiger partial charge in [0.15, 0.2) is 0 Å². The summed E-state index contributed by atoms with van der Waals surface area (Å²) in [5, 5.41) is 15.5. The number of allylic oxidation sites excluding steroid dienone is 1. The first-order valence-corrected chi connectivity index (χ1v) is 18.1. The quantitative estimate of drug-likeness (QED) is 0.0377. The van der Waals surface area contributed by atoms with Gasteiger partial charge >= 0.3 is 38.0 Å². The molecule has 6 aromatic rings. The molecule has 67 heavy (non-hydrogen) atoms. The fraction of sp³-hybridized carbons (Fsp3) is 0.0714. The van der Waals surface area contributed by atoms with Crippen molar-refractivity contribution in [2.45, 2.75) is 18.5 Å². The topological polar surface area (TPSA) is 204 Å². The van der Waals surface area contributed by atoms with Gasteiger partial charge in [-0.2, -0.15) is 44.7 Å². The van der Waals surface area contributed by atoms with Gasteiger partial charge in [0.05, 0.1) is 33.9 Å². The zero-order valence-electron chi connectivity index (χ0n) is 33.1. The van der Waals surface area contributed by atoms with Crippen molar-refractivity contribution in [3.63, 3.8) is 0 Å². The van der Waals surface area contributed by atoms with Crippen molar-refractivity contribution in [2.24, 2.45) is 0 Å². The van der Waals surface area contributed by atoms with Crippen molar-refractivity contribution in [1.82, 2.24) is 19.9 Å². The molecule has 346 valence electrons. The van der Waals surface area contributed by atoms with Gasteiger partial charge in [-0.3, -0.25) is 34.7 Å². The van der Waals surface area contributed by atoms with Crippen LogP contribution in [0, 0.1) is 5.41 Å². The number of anilines is 3. The second kappa shape index (κ2) is 24.0. The van der Waals surface area contributed by atoms with Crippen LogP contribution in [0.4, 0.5) is 56.6 Å². The molecule has 0 saturated heterocycles. The molecule has 14 nitrogen and oxygen atoms in total. The fourth-order valence-electron chi connectivity index (χ4n) is 5.30. The minimum absolute atomic E-state index is 0.